The van der Waals surface area contributed by atoms with E-state index in [9.17, 15) is 4.79 Å². The molecule has 0 aliphatic carbocycles. The minimum atomic E-state index is -0.0659. The highest BCUT2D eigenvalue weighted by atomic mass is 35.5. The Morgan fingerprint density at radius 1 is 1.09 bits per heavy atom. The average Bonchev–Trinajstić information content (AvgIpc) is 2.54. The molecule has 0 radical (unpaired) electrons. The lowest BCUT2D eigenvalue weighted by molar-refractivity contribution is -0.119. The van der Waals surface area contributed by atoms with E-state index in [0.717, 1.165) is 17.0 Å². The van der Waals surface area contributed by atoms with Crippen molar-refractivity contribution in [2.75, 3.05) is 18.5 Å². The van der Waals surface area contributed by atoms with Crippen LogP contribution in [0.5, 0.6) is 5.75 Å². The fourth-order valence-corrected chi connectivity index (χ4v) is 2.01. The summed E-state index contributed by atoms with van der Waals surface area (Å²) >= 11 is 5.82. The summed E-state index contributed by atoms with van der Waals surface area (Å²) in [7, 11) is 0. The van der Waals surface area contributed by atoms with Gasteiger partial charge < -0.3 is 15.4 Å². The summed E-state index contributed by atoms with van der Waals surface area (Å²) in [6, 6.07) is 14.9. The first-order valence-electron chi connectivity index (χ1n) is 7.15. The van der Waals surface area contributed by atoms with Crippen LogP contribution >= 0.6 is 11.6 Å². The van der Waals surface area contributed by atoms with Gasteiger partial charge in [-0.05, 0) is 48.9 Å². The molecule has 0 bridgehead atoms. The highest BCUT2D eigenvalue weighted by molar-refractivity contribution is 6.30. The molecule has 2 aromatic rings. The summed E-state index contributed by atoms with van der Waals surface area (Å²) in [5.74, 6) is 0.754. The summed E-state index contributed by atoms with van der Waals surface area (Å²) < 4.78 is 5.37. The van der Waals surface area contributed by atoms with Crippen molar-refractivity contribution < 1.29 is 9.53 Å². The first-order valence-corrected chi connectivity index (χ1v) is 7.53. The predicted molar refractivity (Wildman–Crippen MR) is 89.4 cm³/mol. The van der Waals surface area contributed by atoms with Crippen LogP contribution in [0.2, 0.25) is 5.02 Å². The summed E-state index contributed by atoms with van der Waals surface area (Å²) in [6.07, 6.45) is 0. The van der Waals surface area contributed by atoms with Crippen molar-refractivity contribution >= 4 is 23.2 Å². The summed E-state index contributed by atoms with van der Waals surface area (Å²) in [4.78, 5) is 11.8. The SMILES string of the molecule is CCOc1ccc(NCC(=O)NCc2ccc(Cl)cc2)cc1. The maximum absolute atomic E-state index is 11.8. The van der Waals surface area contributed by atoms with E-state index in [1.807, 2.05) is 43.3 Å². The van der Waals surface area contributed by atoms with Crippen LogP contribution in [0.25, 0.3) is 0 Å². The maximum Gasteiger partial charge on any atom is 0.239 e. The highest BCUT2D eigenvalue weighted by Gasteiger charge is 2.02. The molecular formula is C17H19ClN2O2. The molecule has 5 heteroatoms. The molecule has 0 aliphatic rings. The molecule has 2 rings (SSSR count). The van der Waals surface area contributed by atoms with Gasteiger partial charge in [0.25, 0.3) is 0 Å². The Labute approximate surface area is 135 Å². The number of nitrogens with one attached hydrogen (secondary N) is 2. The van der Waals surface area contributed by atoms with Crippen molar-refractivity contribution in [3.8, 4) is 5.75 Å². The lowest BCUT2D eigenvalue weighted by Crippen LogP contribution is -2.29. The van der Waals surface area contributed by atoms with Gasteiger partial charge in [-0.2, -0.15) is 0 Å². The van der Waals surface area contributed by atoms with Gasteiger partial charge in [-0.25, -0.2) is 0 Å². The van der Waals surface area contributed by atoms with Crippen LogP contribution in [0.4, 0.5) is 5.69 Å². The molecule has 0 heterocycles. The fourth-order valence-electron chi connectivity index (χ4n) is 1.88. The Bertz CT molecular complexity index is 597. The summed E-state index contributed by atoms with van der Waals surface area (Å²) in [6.45, 7) is 3.29. The molecule has 4 nitrogen and oxygen atoms in total. The molecule has 22 heavy (non-hydrogen) atoms. The van der Waals surface area contributed by atoms with Crippen molar-refractivity contribution in [3.05, 3.63) is 59.1 Å². The Morgan fingerprint density at radius 2 is 1.77 bits per heavy atom. The van der Waals surface area contributed by atoms with Crippen LogP contribution in [0.3, 0.4) is 0 Å². The van der Waals surface area contributed by atoms with Crippen molar-refractivity contribution in [1.29, 1.82) is 0 Å². The quantitative estimate of drug-likeness (QED) is 0.822. The molecule has 0 saturated carbocycles. The molecule has 0 aromatic heterocycles. The predicted octanol–water partition coefficient (Wildman–Crippen LogP) is 3.47. The van der Waals surface area contributed by atoms with Gasteiger partial charge in [0.05, 0.1) is 13.2 Å². The number of ether oxygens (including phenoxy) is 1. The van der Waals surface area contributed by atoms with Crippen molar-refractivity contribution in [1.82, 2.24) is 5.32 Å². The van der Waals surface area contributed by atoms with E-state index in [1.165, 1.54) is 0 Å². The van der Waals surface area contributed by atoms with E-state index in [2.05, 4.69) is 10.6 Å². The highest BCUT2D eigenvalue weighted by Crippen LogP contribution is 2.15. The van der Waals surface area contributed by atoms with Gasteiger partial charge in [0, 0.05) is 17.3 Å². The normalized spacial score (nSPS) is 10.1. The van der Waals surface area contributed by atoms with E-state index < -0.39 is 0 Å². The molecule has 1 amide bonds. The third-order valence-electron chi connectivity index (χ3n) is 3.02. The van der Waals surface area contributed by atoms with E-state index in [-0.39, 0.29) is 12.5 Å². The lowest BCUT2D eigenvalue weighted by atomic mass is 10.2. The largest absolute Gasteiger partial charge is 0.494 e. The minimum Gasteiger partial charge on any atom is -0.494 e. The Hall–Kier alpha value is -2.20. The van der Waals surface area contributed by atoms with Gasteiger partial charge in [-0.1, -0.05) is 23.7 Å². The van der Waals surface area contributed by atoms with Crippen molar-refractivity contribution in [3.63, 3.8) is 0 Å². The number of halogens is 1. The zero-order valence-corrected chi connectivity index (χ0v) is 13.2. The third kappa shape index (κ3) is 5.30. The number of hydrogen-bond donors (Lipinski definition) is 2. The summed E-state index contributed by atoms with van der Waals surface area (Å²) in [5.41, 5.74) is 1.89. The standard InChI is InChI=1S/C17H19ClN2O2/c1-2-22-16-9-7-15(8-10-16)19-12-17(21)20-11-13-3-5-14(18)6-4-13/h3-10,19H,2,11-12H2,1H3,(H,20,21). The van der Waals surface area contributed by atoms with Crippen LogP contribution in [-0.4, -0.2) is 19.1 Å². The molecule has 0 saturated heterocycles. The number of carbonyl (C=O) groups excluding carboxylic acids is 1. The van der Waals surface area contributed by atoms with E-state index in [0.29, 0.717) is 18.2 Å². The molecule has 0 fully saturated rings. The maximum atomic E-state index is 11.8. The molecular weight excluding hydrogens is 300 g/mol. The minimum absolute atomic E-state index is 0.0659. The Kier molecular flexibility index (Phi) is 6.10. The first kappa shape index (κ1) is 16.2. The number of amides is 1. The Morgan fingerprint density at radius 3 is 2.41 bits per heavy atom. The van der Waals surface area contributed by atoms with Crippen molar-refractivity contribution in [2.45, 2.75) is 13.5 Å². The number of carbonyl (C=O) groups is 1. The van der Waals surface area contributed by atoms with E-state index in [4.69, 9.17) is 16.3 Å². The molecule has 2 aromatic carbocycles. The van der Waals surface area contributed by atoms with Gasteiger partial charge in [-0.3, -0.25) is 4.79 Å². The number of hydrogen-bond acceptors (Lipinski definition) is 3. The smallest absolute Gasteiger partial charge is 0.239 e. The molecule has 0 atom stereocenters. The second-order valence-electron chi connectivity index (χ2n) is 4.71. The lowest BCUT2D eigenvalue weighted by Gasteiger charge is -2.09. The number of anilines is 1. The van der Waals surface area contributed by atoms with Crippen molar-refractivity contribution in [2.24, 2.45) is 0 Å². The first-order chi connectivity index (χ1) is 10.7. The second-order valence-corrected chi connectivity index (χ2v) is 5.15. The van der Waals surface area contributed by atoms with Gasteiger partial charge in [-0.15, -0.1) is 0 Å². The number of rotatable bonds is 7. The molecule has 0 spiro atoms. The van der Waals surface area contributed by atoms with E-state index >= 15 is 0 Å². The fraction of sp³-hybridized carbons (Fsp3) is 0.235. The number of benzene rings is 2. The van der Waals surface area contributed by atoms with Crippen LogP contribution in [0, 0.1) is 0 Å². The van der Waals surface area contributed by atoms with Gasteiger partial charge >= 0.3 is 0 Å². The molecule has 0 unspecified atom stereocenters. The van der Waals surface area contributed by atoms with Gasteiger partial charge in [0.15, 0.2) is 0 Å². The molecule has 0 aliphatic heterocycles. The molecule has 2 N–H and O–H groups in total. The van der Waals surface area contributed by atoms with E-state index in [1.54, 1.807) is 12.1 Å². The van der Waals surface area contributed by atoms with Crippen LogP contribution in [0.1, 0.15) is 12.5 Å². The topological polar surface area (TPSA) is 50.4 Å². The van der Waals surface area contributed by atoms with Gasteiger partial charge in [0.2, 0.25) is 5.91 Å². The molecule has 116 valence electrons. The monoisotopic (exact) mass is 318 g/mol. The Balaban J connectivity index is 1.74. The average molecular weight is 319 g/mol. The van der Waals surface area contributed by atoms with Crippen LogP contribution in [0.15, 0.2) is 48.5 Å². The second kappa shape index (κ2) is 8.29. The zero-order valence-electron chi connectivity index (χ0n) is 12.4. The summed E-state index contributed by atoms with van der Waals surface area (Å²) in [5, 5.41) is 6.61. The van der Waals surface area contributed by atoms with Crippen LogP contribution in [-0.2, 0) is 11.3 Å². The third-order valence-corrected chi connectivity index (χ3v) is 3.27. The van der Waals surface area contributed by atoms with Gasteiger partial charge in [0.1, 0.15) is 5.75 Å². The zero-order chi connectivity index (χ0) is 15.8. The van der Waals surface area contributed by atoms with Crippen LogP contribution < -0.4 is 15.4 Å².